The lowest BCUT2D eigenvalue weighted by Gasteiger charge is -1.99. The van der Waals surface area contributed by atoms with Gasteiger partial charge in [-0.3, -0.25) is 9.20 Å². The Morgan fingerprint density at radius 2 is 1.86 bits per heavy atom. The van der Waals surface area contributed by atoms with E-state index in [1.165, 1.54) is 0 Å². The van der Waals surface area contributed by atoms with E-state index in [1.807, 2.05) is 52.9 Å². The molecule has 5 heteroatoms. The van der Waals surface area contributed by atoms with E-state index >= 15 is 0 Å². The lowest BCUT2D eigenvalue weighted by Crippen LogP contribution is -1.91. The normalized spacial score (nSPS) is 11.3. The molecule has 2 heterocycles. The van der Waals surface area contributed by atoms with Crippen LogP contribution in [0.3, 0.4) is 0 Å². The zero-order valence-electron chi connectivity index (χ0n) is 10.8. The van der Waals surface area contributed by atoms with Crippen molar-refractivity contribution in [1.82, 2.24) is 9.38 Å². The third-order valence-corrected chi connectivity index (χ3v) is 4.97. The van der Waals surface area contributed by atoms with Gasteiger partial charge in [0, 0.05) is 10.0 Å². The smallest absolute Gasteiger partial charge is 0.195 e. The van der Waals surface area contributed by atoms with Crippen molar-refractivity contribution in [3.8, 4) is 11.3 Å². The molecule has 0 spiro atoms. The number of carbonyl (C=O) groups is 1. The maximum absolute atomic E-state index is 11.6. The fraction of sp³-hybridized carbons (Fsp3) is 0. The second kappa shape index (κ2) is 4.79. The minimum atomic E-state index is 0.602. The van der Waals surface area contributed by atoms with E-state index in [-0.39, 0.29) is 0 Å². The van der Waals surface area contributed by atoms with Gasteiger partial charge < -0.3 is 0 Å². The largest absolute Gasteiger partial charge is 0.296 e. The number of benzene rings is 2. The van der Waals surface area contributed by atoms with Gasteiger partial charge in [0.25, 0.3) is 0 Å². The van der Waals surface area contributed by atoms with E-state index in [0.29, 0.717) is 5.69 Å². The van der Waals surface area contributed by atoms with Gasteiger partial charge in [-0.2, -0.15) is 0 Å². The zero-order valence-corrected chi connectivity index (χ0v) is 13.2. The van der Waals surface area contributed by atoms with E-state index in [2.05, 4.69) is 20.9 Å². The SMILES string of the molecule is O=Cc1c(-c2ccc(Br)cc2)nc2sc3ccccc3n12. The van der Waals surface area contributed by atoms with Crippen LogP contribution in [0.15, 0.2) is 53.0 Å². The number of hydrogen-bond donors (Lipinski definition) is 0. The molecule has 0 amide bonds. The molecule has 0 aliphatic rings. The molecule has 4 rings (SSSR count). The van der Waals surface area contributed by atoms with Crippen LogP contribution < -0.4 is 0 Å². The Balaban J connectivity index is 2.06. The Labute approximate surface area is 133 Å². The summed E-state index contributed by atoms with van der Waals surface area (Å²) in [7, 11) is 0. The molecule has 0 N–H and O–H groups in total. The number of fused-ring (bicyclic) bond motifs is 3. The summed E-state index contributed by atoms with van der Waals surface area (Å²) >= 11 is 5.01. The fourth-order valence-corrected chi connectivity index (χ4v) is 3.76. The molecule has 2 aromatic carbocycles. The summed E-state index contributed by atoms with van der Waals surface area (Å²) in [6.07, 6.45) is 0.885. The van der Waals surface area contributed by atoms with Crippen molar-refractivity contribution in [1.29, 1.82) is 0 Å². The minimum Gasteiger partial charge on any atom is -0.296 e. The van der Waals surface area contributed by atoms with Crippen LogP contribution in [-0.2, 0) is 0 Å². The number of rotatable bonds is 2. The Morgan fingerprint density at radius 3 is 2.62 bits per heavy atom. The highest BCUT2D eigenvalue weighted by Crippen LogP contribution is 2.32. The summed E-state index contributed by atoms with van der Waals surface area (Å²) < 4.78 is 4.07. The summed E-state index contributed by atoms with van der Waals surface area (Å²) in [4.78, 5) is 17.1. The standard InChI is InChI=1S/C16H9BrN2OS/c17-11-7-5-10(6-8-11)15-13(9-20)19-12-3-1-2-4-14(12)21-16(19)18-15/h1-9H. The van der Waals surface area contributed by atoms with Gasteiger partial charge in [0.2, 0.25) is 0 Å². The van der Waals surface area contributed by atoms with Gasteiger partial charge in [-0.25, -0.2) is 4.98 Å². The third kappa shape index (κ3) is 1.92. The number of thiazole rings is 1. The van der Waals surface area contributed by atoms with Gasteiger partial charge >= 0.3 is 0 Å². The average molecular weight is 357 g/mol. The molecule has 0 fully saturated rings. The molecular weight excluding hydrogens is 348 g/mol. The van der Waals surface area contributed by atoms with Crippen molar-refractivity contribution in [2.24, 2.45) is 0 Å². The van der Waals surface area contributed by atoms with E-state index in [4.69, 9.17) is 0 Å². The zero-order chi connectivity index (χ0) is 14.4. The second-order valence-electron chi connectivity index (χ2n) is 4.66. The van der Waals surface area contributed by atoms with Gasteiger partial charge in [0.15, 0.2) is 11.2 Å². The van der Waals surface area contributed by atoms with Crippen molar-refractivity contribution in [3.63, 3.8) is 0 Å². The number of carbonyl (C=O) groups excluding carboxylic acids is 1. The van der Waals surface area contributed by atoms with Gasteiger partial charge in [-0.15, -0.1) is 0 Å². The van der Waals surface area contributed by atoms with Crippen LogP contribution in [0.25, 0.3) is 26.4 Å². The number of aldehydes is 1. The molecule has 102 valence electrons. The van der Waals surface area contributed by atoms with Crippen LogP contribution >= 0.6 is 27.3 Å². The molecule has 4 aromatic rings. The van der Waals surface area contributed by atoms with Crippen LogP contribution in [0.4, 0.5) is 0 Å². The fourth-order valence-electron chi connectivity index (χ4n) is 2.47. The maximum Gasteiger partial charge on any atom is 0.195 e. The number of aromatic nitrogens is 2. The van der Waals surface area contributed by atoms with Crippen molar-refractivity contribution >= 4 is 48.7 Å². The van der Waals surface area contributed by atoms with E-state index in [9.17, 15) is 4.79 Å². The van der Waals surface area contributed by atoms with Crippen molar-refractivity contribution in [2.75, 3.05) is 0 Å². The molecule has 0 bridgehead atoms. The summed E-state index contributed by atoms with van der Waals surface area (Å²) in [6.45, 7) is 0. The van der Waals surface area contributed by atoms with Crippen molar-refractivity contribution in [3.05, 3.63) is 58.7 Å². The molecule has 0 saturated heterocycles. The molecule has 3 nitrogen and oxygen atoms in total. The predicted octanol–water partition coefficient (Wildman–Crippen LogP) is 4.79. The summed E-state index contributed by atoms with van der Waals surface area (Å²) in [6, 6.07) is 15.9. The first kappa shape index (κ1) is 12.7. The van der Waals surface area contributed by atoms with Gasteiger partial charge in [0.1, 0.15) is 11.4 Å². The number of hydrogen-bond acceptors (Lipinski definition) is 3. The highest BCUT2D eigenvalue weighted by atomic mass is 79.9. The van der Waals surface area contributed by atoms with Crippen LogP contribution in [0.5, 0.6) is 0 Å². The number of nitrogens with zero attached hydrogens (tertiary/aromatic N) is 2. The quantitative estimate of drug-likeness (QED) is 0.484. The highest BCUT2D eigenvalue weighted by molar-refractivity contribution is 9.10. The summed E-state index contributed by atoms with van der Waals surface area (Å²) in [5.74, 6) is 0. The van der Waals surface area contributed by atoms with Crippen LogP contribution in [0, 0.1) is 0 Å². The Morgan fingerprint density at radius 1 is 1.10 bits per heavy atom. The molecule has 21 heavy (non-hydrogen) atoms. The molecule has 0 aliphatic carbocycles. The molecule has 2 aromatic heterocycles. The number of halogens is 1. The summed E-state index contributed by atoms with van der Waals surface area (Å²) in [5, 5.41) is 0. The third-order valence-electron chi connectivity index (χ3n) is 3.42. The predicted molar refractivity (Wildman–Crippen MR) is 89.1 cm³/mol. The first-order valence-electron chi connectivity index (χ1n) is 6.39. The maximum atomic E-state index is 11.6. The van der Waals surface area contributed by atoms with Gasteiger partial charge in [0.05, 0.1) is 10.2 Å². The summed E-state index contributed by atoms with van der Waals surface area (Å²) in [5.41, 5.74) is 3.30. The lowest BCUT2D eigenvalue weighted by molar-refractivity contribution is 0.111. The molecule has 0 radical (unpaired) electrons. The van der Waals surface area contributed by atoms with Gasteiger partial charge in [-0.1, -0.05) is 51.5 Å². The first-order chi connectivity index (χ1) is 10.3. The van der Waals surface area contributed by atoms with Crippen LogP contribution in [0.1, 0.15) is 10.5 Å². The monoisotopic (exact) mass is 356 g/mol. The molecule has 0 atom stereocenters. The molecular formula is C16H9BrN2OS. The van der Waals surface area contributed by atoms with E-state index in [0.717, 1.165) is 37.2 Å². The Hall–Kier alpha value is -1.98. The number of para-hydroxylation sites is 1. The molecule has 0 aliphatic heterocycles. The molecule has 0 unspecified atom stereocenters. The van der Waals surface area contributed by atoms with Crippen molar-refractivity contribution in [2.45, 2.75) is 0 Å². The highest BCUT2D eigenvalue weighted by Gasteiger charge is 2.17. The second-order valence-corrected chi connectivity index (χ2v) is 6.58. The average Bonchev–Trinajstić information content (AvgIpc) is 3.03. The van der Waals surface area contributed by atoms with Crippen LogP contribution in [-0.4, -0.2) is 15.7 Å². The Bertz CT molecular complexity index is 969. The van der Waals surface area contributed by atoms with Crippen LogP contribution in [0.2, 0.25) is 0 Å². The lowest BCUT2D eigenvalue weighted by atomic mass is 10.1. The minimum absolute atomic E-state index is 0.602. The number of imidazole rings is 1. The van der Waals surface area contributed by atoms with E-state index in [1.54, 1.807) is 11.3 Å². The van der Waals surface area contributed by atoms with Gasteiger partial charge in [-0.05, 0) is 24.3 Å². The first-order valence-corrected chi connectivity index (χ1v) is 8.00. The molecule has 0 saturated carbocycles. The Kier molecular flexibility index (Phi) is 2.90. The van der Waals surface area contributed by atoms with Crippen molar-refractivity contribution < 1.29 is 4.79 Å². The van der Waals surface area contributed by atoms with E-state index < -0.39 is 0 Å². The topological polar surface area (TPSA) is 34.4 Å².